The van der Waals surface area contributed by atoms with Crippen molar-refractivity contribution in [3.63, 3.8) is 0 Å². The molecule has 1 fully saturated rings. The summed E-state index contributed by atoms with van der Waals surface area (Å²) in [6.07, 6.45) is 3.98. The minimum absolute atomic E-state index is 0.130. The van der Waals surface area contributed by atoms with Crippen molar-refractivity contribution in [1.82, 2.24) is 4.98 Å². The molecule has 2 aromatic rings. The van der Waals surface area contributed by atoms with Gasteiger partial charge in [0.1, 0.15) is 5.52 Å². The number of para-hydroxylation sites is 2. The van der Waals surface area contributed by atoms with E-state index in [1.165, 1.54) is 6.42 Å². The van der Waals surface area contributed by atoms with E-state index in [1.807, 2.05) is 24.3 Å². The van der Waals surface area contributed by atoms with Crippen molar-refractivity contribution in [3.8, 4) is 0 Å². The first-order valence-corrected chi connectivity index (χ1v) is 6.59. The maximum atomic E-state index is 9.62. The number of fused-ring (bicyclic) bond motifs is 1. The Balaban J connectivity index is 1.62. The molecule has 2 atom stereocenters. The van der Waals surface area contributed by atoms with Crippen molar-refractivity contribution in [2.45, 2.75) is 31.8 Å². The zero-order valence-electron chi connectivity index (χ0n) is 10.3. The quantitative estimate of drug-likeness (QED) is 0.874. The first-order valence-electron chi connectivity index (χ1n) is 6.59. The molecule has 0 saturated heterocycles. The highest BCUT2D eigenvalue weighted by atomic mass is 16.4. The Morgan fingerprint density at radius 1 is 1.33 bits per heavy atom. The Morgan fingerprint density at radius 3 is 3.06 bits per heavy atom. The molecule has 3 rings (SSSR count). The van der Waals surface area contributed by atoms with Crippen LogP contribution in [0.25, 0.3) is 11.1 Å². The summed E-state index contributed by atoms with van der Waals surface area (Å²) in [5.41, 5.74) is 1.69. The topological polar surface area (TPSA) is 58.3 Å². The van der Waals surface area contributed by atoms with Gasteiger partial charge in [0, 0.05) is 6.54 Å². The van der Waals surface area contributed by atoms with Gasteiger partial charge < -0.3 is 14.8 Å². The lowest BCUT2D eigenvalue weighted by Crippen LogP contribution is -2.25. The Labute approximate surface area is 106 Å². The summed E-state index contributed by atoms with van der Waals surface area (Å²) in [5.74, 6) is 0.517. The Bertz CT molecular complexity index is 490. The van der Waals surface area contributed by atoms with Crippen LogP contribution in [0.5, 0.6) is 0 Å². The number of aliphatic hydroxyl groups excluding tert-OH is 1. The monoisotopic (exact) mass is 246 g/mol. The van der Waals surface area contributed by atoms with Crippen molar-refractivity contribution in [3.05, 3.63) is 24.3 Å². The molecule has 2 N–H and O–H groups in total. The lowest BCUT2D eigenvalue weighted by atomic mass is 9.87. The molecule has 4 nitrogen and oxygen atoms in total. The summed E-state index contributed by atoms with van der Waals surface area (Å²) in [6, 6.07) is 8.32. The zero-order valence-corrected chi connectivity index (χ0v) is 10.3. The van der Waals surface area contributed by atoms with E-state index in [0.29, 0.717) is 11.9 Å². The number of hydrogen-bond acceptors (Lipinski definition) is 4. The van der Waals surface area contributed by atoms with Crippen LogP contribution in [0.4, 0.5) is 6.01 Å². The van der Waals surface area contributed by atoms with Gasteiger partial charge in [-0.1, -0.05) is 18.6 Å². The number of benzene rings is 1. The first-order chi connectivity index (χ1) is 8.81. The normalized spacial score (nSPS) is 24.3. The van der Waals surface area contributed by atoms with E-state index >= 15 is 0 Å². The van der Waals surface area contributed by atoms with Crippen LogP contribution in [0.3, 0.4) is 0 Å². The van der Waals surface area contributed by atoms with Crippen LogP contribution in [0.1, 0.15) is 25.7 Å². The van der Waals surface area contributed by atoms with Crippen molar-refractivity contribution in [2.75, 3.05) is 11.9 Å². The Hall–Kier alpha value is -1.55. The van der Waals surface area contributed by atoms with Crippen molar-refractivity contribution in [2.24, 2.45) is 5.92 Å². The fourth-order valence-corrected chi connectivity index (χ4v) is 2.63. The number of aromatic nitrogens is 1. The average molecular weight is 246 g/mol. The van der Waals surface area contributed by atoms with Gasteiger partial charge in [0.05, 0.1) is 6.10 Å². The van der Waals surface area contributed by atoms with E-state index in [0.717, 1.165) is 36.9 Å². The van der Waals surface area contributed by atoms with Gasteiger partial charge in [-0.15, -0.1) is 0 Å². The lowest BCUT2D eigenvalue weighted by molar-refractivity contribution is 0.104. The number of nitrogens with zero attached hydrogens (tertiary/aromatic N) is 1. The molecule has 1 aromatic carbocycles. The van der Waals surface area contributed by atoms with E-state index in [9.17, 15) is 5.11 Å². The number of oxazole rings is 1. The van der Waals surface area contributed by atoms with Crippen LogP contribution in [-0.4, -0.2) is 22.7 Å². The maximum absolute atomic E-state index is 9.62. The summed E-state index contributed by atoms with van der Waals surface area (Å²) in [7, 11) is 0. The van der Waals surface area contributed by atoms with Gasteiger partial charge in [-0.2, -0.15) is 4.98 Å². The average Bonchev–Trinajstić information content (AvgIpc) is 2.79. The second-order valence-corrected chi connectivity index (χ2v) is 5.05. The van der Waals surface area contributed by atoms with Gasteiger partial charge in [0.25, 0.3) is 6.01 Å². The van der Waals surface area contributed by atoms with Gasteiger partial charge in [0.15, 0.2) is 5.58 Å². The molecule has 96 valence electrons. The highest BCUT2D eigenvalue weighted by molar-refractivity contribution is 5.74. The van der Waals surface area contributed by atoms with Crippen LogP contribution >= 0.6 is 0 Å². The van der Waals surface area contributed by atoms with Crippen molar-refractivity contribution < 1.29 is 9.52 Å². The fraction of sp³-hybridized carbons (Fsp3) is 0.500. The molecule has 1 heterocycles. The third-order valence-electron chi connectivity index (χ3n) is 3.59. The molecule has 1 aliphatic rings. The molecule has 1 aliphatic carbocycles. The number of hydrogen-bond donors (Lipinski definition) is 2. The van der Waals surface area contributed by atoms with Gasteiger partial charge >= 0.3 is 0 Å². The summed E-state index contributed by atoms with van der Waals surface area (Å²) in [6.45, 7) is 0.823. The minimum Gasteiger partial charge on any atom is -0.424 e. The molecule has 1 aromatic heterocycles. The van der Waals surface area contributed by atoms with Gasteiger partial charge in [-0.3, -0.25) is 0 Å². The van der Waals surface area contributed by atoms with Crippen LogP contribution in [-0.2, 0) is 0 Å². The largest absolute Gasteiger partial charge is 0.424 e. The smallest absolute Gasteiger partial charge is 0.295 e. The molecular formula is C14H18N2O2. The number of anilines is 1. The van der Waals surface area contributed by atoms with E-state index in [1.54, 1.807) is 0 Å². The molecule has 1 saturated carbocycles. The molecule has 0 aliphatic heterocycles. The number of rotatable bonds is 3. The van der Waals surface area contributed by atoms with E-state index in [4.69, 9.17) is 4.42 Å². The van der Waals surface area contributed by atoms with Crippen LogP contribution < -0.4 is 5.32 Å². The predicted molar refractivity (Wildman–Crippen MR) is 70.5 cm³/mol. The van der Waals surface area contributed by atoms with Gasteiger partial charge in [-0.05, 0) is 37.3 Å². The Kier molecular flexibility index (Phi) is 3.19. The lowest BCUT2D eigenvalue weighted by Gasteiger charge is -2.25. The summed E-state index contributed by atoms with van der Waals surface area (Å²) in [4.78, 5) is 4.38. The molecule has 0 amide bonds. The fourth-order valence-electron chi connectivity index (χ4n) is 2.63. The standard InChI is InChI=1S/C14H18N2O2/c17-11-5-3-4-10(8-11)9-15-14-16-12-6-1-2-7-13(12)18-14/h1-2,6-7,10-11,17H,3-5,8-9H2,(H,15,16). The number of nitrogens with one attached hydrogen (secondary N) is 1. The van der Waals surface area contributed by atoms with E-state index < -0.39 is 0 Å². The van der Waals surface area contributed by atoms with Crippen LogP contribution in [0.15, 0.2) is 28.7 Å². The predicted octanol–water partition coefficient (Wildman–Crippen LogP) is 2.79. The molecule has 0 radical (unpaired) electrons. The zero-order chi connectivity index (χ0) is 12.4. The van der Waals surface area contributed by atoms with Gasteiger partial charge in [-0.25, -0.2) is 0 Å². The van der Waals surface area contributed by atoms with E-state index in [-0.39, 0.29) is 6.10 Å². The molecular weight excluding hydrogens is 228 g/mol. The molecule has 4 heteroatoms. The van der Waals surface area contributed by atoms with Crippen molar-refractivity contribution in [1.29, 1.82) is 0 Å². The van der Waals surface area contributed by atoms with Gasteiger partial charge in [0.2, 0.25) is 0 Å². The second-order valence-electron chi connectivity index (χ2n) is 5.05. The molecule has 0 spiro atoms. The number of aliphatic hydroxyl groups is 1. The summed E-state index contributed by atoms with van der Waals surface area (Å²) < 4.78 is 5.60. The second kappa shape index (κ2) is 4.98. The third kappa shape index (κ3) is 2.48. The summed E-state index contributed by atoms with van der Waals surface area (Å²) in [5, 5.41) is 12.9. The molecule has 18 heavy (non-hydrogen) atoms. The Morgan fingerprint density at radius 2 is 2.22 bits per heavy atom. The van der Waals surface area contributed by atoms with Crippen molar-refractivity contribution >= 4 is 17.1 Å². The third-order valence-corrected chi connectivity index (χ3v) is 3.59. The van der Waals surface area contributed by atoms with Crippen LogP contribution in [0.2, 0.25) is 0 Å². The molecule has 0 bridgehead atoms. The maximum Gasteiger partial charge on any atom is 0.295 e. The highest BCUT2D eigenvalue weighted by Crippen LogP contribution is 2.25. The SMILES string of the molecule is OC1CCCC(CNc2nc3ccccc3o2)C1. The van der Waals surface area contributed by atoms with Crippen LogP contribution in [0, 0.1) is 5.92 Å². The molecule has 2 unspecified atom stereocenters. The first kappa shape index (κ1) is 11.5. The minimum atomic E-state index is -0.130. The highest BCUT2D eigenvalue weighted by Gasteiger charge is 2.20. The van der Waals surface area contributed by atoms with E-state index in [2.05, 4.69) is 10.3 Å². The summed E-state index contributed by atoms with van der Waals surface area (Å²) >= 11 is 0.